The lowest BCUT2D eigenvalue weighted by Gasteiger charge is -2.12. The van der Waals surface area contributed by atoms with Gasteiger partial charge in [-0.1, -0.05) is 0 Å². The number of esters is 2. The van der Waals surface area contributed by atoms with Gasteiger partial charge in [0.25, 0.3) is 0 Å². The van der Waals surface area contributed by atoms with Crippen LogP contribution in [0.1, 0.15) is 24.2 Å². The Labute approximate surface area is 113 Å². The zero-order valence-electron chi connectivity index (χ0n) is 9.97. The number of aromatic nitrogens is 1. The lowest BCUT2D eigenvalue weighted by molar-refractivity contribution is -0.152. The van der Waals surface area contributed by atoms with Gasteiger partial charge in [0.05, 0.1) is 16.6 Å². The molecule has 0 aromatic carbocycles. The van der Waals surface area contributed by atoms with Crippen LogP contribution < -0.4 is 5.73 Å². The number of hydrogen-bond acceptors (Lipinski definition) is 6. The Bertz CT molecular complexity index is 464. The summed E-state index contributed by atoms with van der Waals surface area (Å²) < 4.78 is 10.1. The highest BCUT2D eigenvalue weighted by molar-refractivity contribution is 9.10. The fraction of sp³-hybridized carbons (Fsp3) is 0.364. The van der Waals surface area contributed by atoms with Crippen LogP contribution in [-0.4, -0.2) is 29.6 Å². The molecule has 0 saturated heterocycles. The van der Waals surface area contributed by atoms with Crippen molar-refractivity contribution in [2.75, 3.05) is 12.3 Å². The lowest BCUT2D eigenvalue weighted by atomic mass is 10.2. The number of rotatable bonds is 4. The van der Waals surface area contributed by atoms with E-state index in [0.29, 0.717) is 4.47 Å². The molecule has 0 fully saturated rings. The SMILES string of the molecule is CCOC(=O)C(C)OC(=O)c1cc(N)ncc1Br. The van der Waals surface area contributed by atoms with E-state index in [1.165, 1.54) is 19.2 Å². The molecule has 2 N–H and O–H groups in total. The molecule has 0 bridgehead atoms. The normalized spacial score (nSPS) is 11.7. The molecule has 18 heavy (non-hydrogen) atoms. The van der Waals surface area contributed by atoms with Crippen LogP contribution in [0.5, 0.6) is 0 Å². The first kappa shape index (κ1) is 14.4. The molecule has 0 radical (unpaired) electrons. The highest BCUT2D eigenvalue weighted by Gasteiger charge is 2.21. The first-order chi connectivity index (χ1) is 8.45. The van der Waals surface area contributed by atoms with Crippen molar-refractivity contribution in [1.29, 1.82) is 0 Å². The maximum absolute atomic E-state index is 11.8. The van der Waals surface area contributed by atoms with Gasteiger partial charge in [0, 0.05) is 6.20 Å². The number of hydrogen-bond donors (Lipinski definition) is 1. The van der Waals surface area contributed by atoms with Gasteiger partial charge in [0.1, 0.15) is 5.82 Å². The summed E-state index contributed by atoms with van der Waals surface area (Å²) in [6.07, 6.45) is 0.416. The molecule has 1 atom stereocenters. The second-order valence-electron chi connectivity index (χ2n) is 3.39. The van der Waals surface area contributed by atoms with Gasteiger partial charge in [-0.15, -0.1) is 0 Å². The Morgan fingerprint density at radius 1 is 1.56 bits per heavy atom. The van der Waals surface area contributed by atoms with E-state index in [2.05, 4.69) is 20.9 Å². The molecule has 1 heterocycles. The quantitative estimate of drug-likeness (QED) is 0.847. The standard InChI is InChI=1S/C11H13BrN2O4/c1-3-17-10(15)6(2)18-11(16)7-4-9(13)14-5-8(7)12/h4-6H,3H2,1-2H3,(H2,13,14). The fourth-order valence-corrected chi connectivity index (χ4v) is 1.52. The van der Waals surface area contributed by atoms with Crippen LogP contribution >= 0.6 is 15.9 Å². The Kier molecular flexibility index (Phi) is 5.08. The molecular weight excluding hydrogens is 304 g/mol. The summed E-state index contributed by atoms with van der Waals surface area (Å²) in [6.45, 7) is 3.34. The van der Waals surface area contributed by atoms with E-state index in [0.717, 1.165) is 0 Å². The molecule has 1 aromatic rings. The monoisotopic (exact) mass is 316 g/mol. The van der Waals surface area contributed by atoms with Crippen molar-refractivity contribution in [2.24, 2.45) is 0 Å². The topological polar surface area (TPSA) is 91.5 Å². The van der Waals surface area contributed by atoms with Gasteiger partial charge < -0.3 is 15.2 Å². The van der Waals surface area contributed by atoms with Gasteiger partial charge in [-0.2, -0.15) is 0 Å². The first-order valence-corrected chi connectivity index (χ1v) is 6.03. The third-order valence-corrected chi connectivity index (χ3v) is 2.63. The largest absolute Gasteiger partial charge is 0.463 e. The molecule has 7 heteroatoms. The zero-order chi connectivity index (χ0) is 13.7. The Morgan fingerprint density at radius 3 is 2.83 bits per heavy atom. The third kappa shape index (κ3) is 3.69. The zero-order valence-corrected chi connectivity index (χ0v) is 11.6. The summed E-state index contributed by atoms with van der Waals surface area (Å²) in [5.41, 5.74) is 5.68. The number of ether oxygens (including phenoxy) is 2. The van der Waals surface area contributed by atoms with Crippen molar-refractivity contribution < 1.29 is 19.1 Å². The summed E-state index contributed by atoms with van der Waals surface area (Å²) >= 11 is 3.15. The van der Waals surface area contributed by atoms with Gasteiger partial charge >= 0.3 is 11.9 Å². The van der Waals surface area contributed by atoms with Gasteiger partial charge in [-0.25, -0.2) is 14.6 Å². The highest BCUT2D eigenvalue weighted by atomic mass is 79.9. The van der Waals surface area contributed by atoms with Gasteiger partial charge in [-0.3, -0.25) is 0 Å². The number of halogens is 1. The van der Waals surface area contributed by atoms with Crippen LogP contribution in [0.2, 0.25) is 0 Å². The molecule has 1 rings (SSSR count). The minimum absolute atomic E-state index is 0.189. The van der Waals surface area contributed by atoms with Crippen molar-refractivity contribution in [1.82, 2.24) is 4.98 Å². The minimum Gasteiger partial charge on any atom is -0.463 e. The van der Waals surface area contributed by atoms with E-state index in [4.69, 9.17) is 15.2 Å². The molecule has 0 spiro atoms. The van der Waals surface area contributed by atoms with Gasteiger partial charge in [-0.05, 0) is 35.8 Å². The minimum atomic E-state index is -0.973. The highest BCUT2D eigenvalue weighted by Crippen LogP contribution is 2.19. The van der Waals surface area contributed by atoms with Crippen molar-refractivity contribution in [3.63, 3.8) is 0 Å². The number of nitrogen functional groups attached to an aromatic ring is 1. The summed E-state index contributed by atoms with van der Waals surface area (Å²) in [7, 11) is 0. The molecular formula is C11H13BrN2O4. The smallest absolute Gasteiger partial charge is 0.347 e. The average Bonchev–Trinajstić information content (AvgIpc) is 2.32. The van der Waals surface area contributed by atoms with Gasteiger partial charge in [0.15, 0.2) is 6.10 Å². The second kappa shape index (κ2) is 6.34. The van der Waals surface area contributed by atoms with E-state index < -0.39 is 18.0 Å². The second-order valence-corrected chi connectivity index (χ2v) is 4.24. The maximum Gasteiger partial charge on any atom is 0.347 e. The predicted molar refractivity (Wildman–Crippen MR) is 67.9 cm³/mol. The summed E-state index contributed by atoms with van der Waals surface area (Å²) in [4.78, 5) is 26.9. The van der Waals surface area contributed by atoms with Crippen LogP contribution in [-0.2, 0) is 14.3 Å². The van der Waals surface area contributed by atoms with Crippen molar-refractivity contribution in [3.8, 4) is 0 Å². The number of carbonyl (C=O) groups excluding carboxylic acids is 2. The van der Waals surface area contributed by atoms with Crippen LogP contribution in [0, 0.1) is 0 Å². The molecule has 6 nitrogen and oxygen atoms in total. The molecule has 1 aromatic heterocycles. The molecule has 1 unspecified atom stereocenters. The van der Waals surface area contributed by atoms with E-state index in [1.54, 1.807) is 6.92 Å². The number of carbonyl (C=O) groups is 2. The molecule has 0 aliphatic heterocycles. The van der Waals surface area contributed by atoms with Crippen LogP contribution in [0.3, 0.4) is 0 Å². The van der Waals surface area contributed by atoms with Crippen LogP contribution in [0.15, 0.2) is 16.7 Å². The summed E-state index contributed by atoms with van der Waals surface area (Å²) in [5.74, 6) is -1.07. The molecule has 98 valence electrons. The first-order valence-electron chi connectivity index (χ1n) is 5.24. The molecule has 0 amide bonds. The predicted octanol–water partition coefficient (Wildman–Crippen LogP) is 1.53. The number of pyridine rings is 1. The van der Waals surface area contributed by atoms with Crippen molar-refractivity contribution in [2.45, 2.75) is 20.0 Å². The van der Waals surface area contributed by atoms with Gasteiger partial charge in [0.2, 0.25) is 0 Å². The third-order valence-electron chi connectivity index (χ3n) is 2.00. The average molecular weight is 317 g/mol. The number of anilines is 1. The van der Waals surface area contributed by atoms with E-state index in [-0.39, 0.29) is 18.0 Å². The molecule has 0 saturated carbocycles. The fourth-order valence-electron chi connectivity index (χ4n) is 1.14. The molecule has 0 aliphatic rings. The summed E-state index contributed by atoms with van der Waals surface area (Å²) in [6, 6.07) is 1.37. The van der Waals surface area contributed by atoms with Crippen LogP contribution in [0.25, 0.3) is 0 Å². The van der Waals surface area contributed by atoms with Crippen LogP contribution in [0.4, 0.5) is 5.82 Å². The van der Waals surface area contributed by atoms with Crippen molar-refractivity contribution in [3.05, 3.63) is 22.3 Å². The Hall–Kier alpha value is -1.63. The van der Waals surface area contributed by atoms with E-state index >= 15 is 0 Å². The van der Waals surface area contributed by atoms with E-state index in [1.807, 2.05) is 0 Å². The summed E-state index contributed by atoms with van der Waals surface area (Å²) in [5, 5.41) is 0. The number of nitrogens with two attached hydrogens (primary N) is 1. The Morgan fingerprint density at radius 2 is 2.22 bits per heavy atom. The Balaban J connectivity index is 2.76. The van der Waals surface area contributed by atoms with Crippen molar-refractivity contribution >= 4 is 33.7 Å². The molecule has 0 aliphatic carbocycles. The number of nitrogens with zero attached hydrogens (tertiary/aromatic N) is 1. The maximum atomic E-state index is 11.8. The van der Waals surface area contributed by atoms with E-state index in [9.17, 15) is 9.59 Å². The lowest BCUT2D eigenvalue weighted by Crippen LogP contribution is -2.26.